The molecule has 0 fully saturated rings. The topological polar surface area (TPSA) is 78.9 Å². The number of carbonyl (C=O) groups excluding carboxylic acids is 1. The van der Waals surface area contributed by atoms with Crippen molar-refractivity contribution in [3.8, 4) is 11.5 Å². The Morgan fingerprint density at radius 1 is 1.23 bits per heavy atom. The van der Waals surface area contributed by atoms with Gasteiger partial charge in [-0.2, -0.15) is 0 Å². The van der Waals surface area contributed by atoms with E-state index in [-0.39, 0.29) is 11.8 Å². The number of hydrogen-bond acceptors (Lipinski definition) is 3. The second-order valence-electron chi connectivity index (χ2n) is 8.33. The van der Waals surface area contributed by atoms with E-state index in [0.29, 0.717) is 36.7 Å². The van der Waals surface area contributed by atoms with E-state index in [9.17, 15) is 14.7 Å². The van der Waals surface area contributed by atoms with Crippen LogP contribution in [0, 0.1) is 12.8 Å². The molecule has 0 saturated carbocycles. The second-order valence-corrected chi connectivity index (χ2v) is 8.33. The number of nitrogens with one attached hydrogen (secondary N) is 1. The molecule has 2 aromatic carbocycles. The number of rotatable bonds is 5. The molecule has 2 N–H and O–H groups in total. The largest absolute Gasteiger partial charge is 0.465 e. The second kappa shape index (κ2) is 9.20. The van der Waals surface area contributed by atoms with E-state index in [1.807, 2.05) is 19.1 Å². The molecule has 1 aliphatic rings. The van der Waals surface area contributed by atoms with Crippen molar-refractivity contribution in [3.63, 3.8) is 0 Å². The molecule has 160 valence electrons. The van der Waals surface area contributed by atoms with Crippen LogP contribution >= 0.6 is 0 Å². The summed E-state index contributed by atoms with van der Waals surface area (Å²) < 4.78 is 6.11. The van der Waals surface area contributed by atoms with E-state index >= 15 is 0 Å². The number of nitrogens with zero attached hydrogens (tertiary/aromatic N) is 1. The van der Waals surface area contributed by atoms with Crippen LogP contribution in [0.4, 0.5) is 4.79 Å². The average molecular weight is 411 g/mol. The quantitative estimate of drug-likeness (QED) is 0.741. The number of carbonyl (C=O) groups is 2. The highest BCUT2D eigenvalue weighted by molar-refractivity contribution is 5.94. The number of aryl methyl sites for hydroxylation is 1. The zero-order chi connectivity index (χ0) is 21.8. The summed E-state index contributed by atoms with van der Waals surface area (Å²) in [6.07, 6.45) is 0.749. The number of carboxylic acid groups (broad SMARTS) is 1. The normalized spacial score (nSPS) is 16.0. The summed E-state index contributed by atoms with van der Waals surface area (Å²) in [5.41, 5.74) is 3.82. The third kappa shape index (κ3) is 4.93. The average Bonchev–Trinajstić information content (AvgIpc) is 2.88. The molecule has 6 nitrogen and oxygen atoms in total. The molecule has 6 heteroatoms. The smallest absolute Gasteiger partial charge is 0.407 e. The number of benzene rings is 2. The molecule has 0 aliphatic carbocycles. The first-order valence-corrected chi connectivity index (χ1v) is 10.4. The van der Waals surface area contributed by atoms with Gasteiger partial charge >= 0.3 is 6.09 Å². The van der Waals surface area contributed by atoms with E-state index < -0.39 is 6.09 Å². The first-order chi connectivity index (χ1) is 14.3. The molecule has 1 unspecified atom stereocenters. The van der Waals surface area contributed by atoms with Crippen LogP contribution in [0.5, 0.6) is 11.5 Å². The molecule has 30 heavy (non-hydrogen) atoms. The Balaban J connectivity index is 1.86. The maximum atomic E-state index is 11.8. The minimum atomic E-state index is -0.861. The lowest BCUT2D eigenvalue weighted by Gasteiger charge is -2.24. The van der Waals surface area contributed by atoms with Crippen molar-refractivity contribution < 1.29 is 19.4 Å². The van der Waals surface area contributed by atoms with Crippen molar-refractivity contribution in [2.45, 2.75) is 39.5 Å². The van der Waals surface area contributed by atoms with Crippen LogP contribution in [0.2, 0.25) is 0 Å². The molecule has 2 amide bonds. The van der Waals surface area contributed by atoms with E-state index in [0.717, 1.165) is 23.3 Å². The molecule has 0 bridgehead atoms. The van der Waals surface area contributed by atoms with Gasteiger partial charge in [-0.25, -0.2) is 4.79 Å². The van der Waals surface area contributed by atoms with Gasteiger partial charge in [0.1, 0.15) is 11.5 Å². The number of ether oxygens (including phenoxy) is 1. The maximum Gasteiger partial charge on any atom is 0.407 e. The van der Waals surface area contributed by atoms with Gasteiger partial charge in [0.05, 0.1) is 0 Å². The summed E-state index contributed by atoms with van der Waals surface area (Å²) in [7, 11) is 1.61. The fourth-order valence-corrected chi connectivity index (χ4v) is 4.09. The van der Waals surface area contributed by atoms with E-state index in [1.165, 1.54) is 10.5 Å². The van der Waals surface area contributed by atoms with Gasteiger partial charge in [-0.1, -0.05) is 19.9 Å². The highest BCUT2D eigenvalue weighted by atomic mass is 16.5. The summed E-state index contributed by atoms with van der Waals surface area (Å²) in [6, 6.07) is 11.4. The molecule has 1 heterocycles. The van der Waals surface area contributed by atoms with Gasteiger partial charge in [0.15, 0.2) is 0 Å². The summed E-state index contributed by atoms with van der Waals surface area (Å²) in [6.45, 7) is 7.26. The maximum absolute atomic E-state index is 11.8. The van der Waals surface area contributed by atoms with E-state index in [2.05, 4.69) is 25.2 Å². The molecular formula is C24H30N2O4. The van der Waals surface area contributed by atoms with Crippen molar-refractivity contribution in [1.82, 2.24) is 10.2 Å². The molecular weight excluding hydrogens is 380 g/mol. The lowest BCUT2D eigenvalue weighted by molar-refractivity contribution is 0.0963. The van der Waals surface area contributed by atoms with Crippen molar-refractivity contribution >= 4 is 12.0 Å². The third-order valence-corrected chi connectivity index (χ3v) is 5.56. The highest BCUT2D eigenvalue weighted by Crippen LogP contribution is 2.34. The molecule has 0 radical (unpaired) electrons. The van der Waals surface area contributed by atoms with E-state index in [1.54, 1.807) is 25.2 Å². The van der Waals surface area contributed by atoms with Gasteiger partial charge in [-0.15, -0.1) is 0 Å². The number of hydrogen-bond donors (Lipinski definition) is 2. The van der Waals surface area contributed by atoms with Crippen molar-refractivity contribution in [1.29, 1.82) is 0 Å². The van der Waals surface area contributed by atoms with Gasteiger partial charge in [0, 0.05) is 31.6 Å². The summed E-state index contributed by atoms with van der Waals surface area (Å²) >= 11 is 0. The third-order valence-electron chi connectivity index (χ3n) is 5.56. The minimum absolute atomic E-state index is 0.131. The van der Waals surface area contributed by atoms with Crippen LogP contribution in [0.15, 0.2) is 36.4 Å². The van der Waals surface area contributed by atoms with Crippen molar-refractivity contribution in [2.75, 3.05) is 20.1 Å². The fraction of sp³-hybridized carbons (Fsp3) is 0.417. The fourth-order valence-electron chi connectivity index (χ4n) is 4.09. The Bertz CT molecular complexity index is 939. The predicted molar refractivity (Wildman–Crippen MR) is 117 cm³/mol. The zero-order valence-corrected chi connectivity index (χ0v) is 18.1. The highest BCUT2D eigenvalue weighted by Gasteiger charge is 2.26. The van der Waals surface area contributed by atoms with E-state index in [4.69, 9.17) is 4.74 Å². The lowest BCUT2D eigenvalue weighted by Crippen LogP contribution is -2.33. The Morgan fingerprint density at radius 3 is 2.63 bits per heavy atom. The SMILES string of the molecule is CNC(=O)c1ccc(Oc2ccc3c(c2)CCN(C(=O)O)CC3CC(C)C)c(C)c1. The molecule has 0 aromatic heterocycles. The van der Waals surface area contributed by atoms with Gasteiger partial charge in [0.25, 0.3) is 5.91 Å². The number of amides is 2. The Labute approximate surface area is 177 Å². The van der Waals surface area contributed by atoms with Crippen LogP contribution in [-0.4, -0.2) is 42.1 Å². The Morgan fingerprint density at radius 2 is 2.00 bits per heavy atom. The molecule has 2 aromatic rings. The Kier molecular flexibility index (Phi) is 6.65. The van der Waals surface area contributed by atoms with Crippen molar-refractivity contribution in [3.05, 3.63) is 58.7 Å². The summed E-state index contributed by atoms with van der Waals surface area (Å²) in [5.74, 6) is 1.95. The first kappa shape index (κ1) is 21.7. The van der Waals surface area contributed by atoms with Crippen LogP contribution in [0.25, 0.3) is 0 Å². The van der Waals surface area contributed by atoms with Crippen LogP contribution < -0.4 is 10.1 Å². The predicted octanol–water partition coefficient (Wildman–Crippen LogP) is 4.81. The molecule has 1 atom stereocenters. The van der Waals surface area contributed by atoms with Gasteiger partial charge in [0.2, 0.25) is 0 Å². The van der Waals surface area contributed by atoms with Gasteiger partial charge in [-0.3, -0.25) is 4.79 Å². The van der Waals surface area contributed by atoms with Crippen LogP contribution in [-0.2, 0) is 6.42 Å². The first-order valence-electron chi connectivity index (χ1n) is 10.4. The Hall–Kier alpha value is -3.02. The monoisotopic (exact) mass is 410 g/mol. The van der Waals surface area contributed by atoms with Crippen LogP contribution in [0.3, 0.4) is 0 Å². The zero-order valence-electron chi connectivity index (χ0n) is 18.1. The molecule has 1 aliphatic heterocycles. The minimum Gasteiger partial charge on any atom is -0.465 e. The van der Waals surface area contributed by atoms with Crippen molar-refractivity contribution in [2.24, 2.45) is 5.92 Å². The van der Waals surface area contributed by atoms with Gasteiger partial charge in [-0.05, 0) is 72.7 Å². The molecule has 0 spiro atoms. The number of fused-ring (bicyclic) bond motifs is 1. The molecule has 3 rings (SSSR count). The summed E-state index contributed by atoms with van der Waals surface area (Å²) in [5, 5.41) is 12.1. The molecule has 0 saturated heterocycles. The van der Waals surface area contributed by atoms with Crippen LogP contribution in [0.1, 0.15) is 53.2 Å². The summed E-state index contributed by atoms with van der Waals surface area (Å²) in [4.78, 5) is 24.9. The standard InChI is InChI=1S/C24H30N2O4/c1-15(2)11-19-14-26(24(28)29)10-9-17-13-20(6-7-21(17)19)30-22-8-5-18(12-16(22)3)23(27)25-4/h5-8,12-13,15,19H,9-11,14H2,1-4H3,(H,25,27)(H,28,29). The van der Waals surface area contributed by atoms with Gasteiger partial charge < -0.3 is 20.1 Å². The lowest BCUT2D eigenvalue weighted by atomic mass is 9.87.